The molecule has 0 saturated heterocycles. The molecule has 4 N–H and O–H groups in total. The second-order valence-corrected chi connectivity index (χ2v) is 4.93. The van der Waals surface area contributed by atoms with Crippen LogP contribution in [-0.4, -0.2) is 31.3 Å². The monoisotopic (exact) mass is 223 g/mol. The molecule has 14 heavy (non-hydrogen) atoms. The molecule has 1 unspecified atom stereocenters. The van der Waals surface area contributed by atoms with Crippen LogP contribution in [0.1, 0.15) is 26.7 Å². The molecule has 6 nitrogen and oxygen atoms in total. The van der Waals surface area contributed by atoms with E-state index in [0.717, 1.165) is 6.42 Å². The van der Waals surface area contributed by atoms with Crippen LogP contribution in [0.25, 0.3) is 0 Å². The van der Waals surface area contributed by atoms with Gasteiger partial charge in [-0.2, -0.15) is 0 Å². The molecule has 0 rings (SSSR count). The fraction of sp³-hybridized carbons (Fsp3) is 0.857. The molecule has 1 atom stereocenters. The van der Waals surface area contributed by atoms with Gasteiger partial charge in [0.2, 0.25) is 10.0 Å². The Hall–Kier alpha value is -0.820. The Labute approximate surface area is 84.2 Å². The highest BCUT2D eigenvalue weighted by Crippen LogP contribution is 1.99. The van der Waals surface area contributed by atoms with Crippen LogP contribution in [0, 0.1) is 0 Å². The third kappa shape index (κ3) is 4.43. The van der Waals surface area contributed by atoms with E-state index in [-0.39, 0.29) is 11.6 Å². The van der Waals surface area contributed by atoms with Gasteiger partial charge in [0, 0.05) is 0 Å². The van der Waals surface area contributed by atoms with E-state index in [1.54, 1.807) is 0 Å². The van der Waals surface area contributed by atoms with Gasteiger partial charge in [0.25, 0.3) is 0 Å². The number of nitrogens with one attached hydrogen (secondary N) is 1. The predicted molar refractivity (Wildman–Crippen MR) is 54.7 cm³/mol. The lowest BCUT2D eigenvalue weighted by Gasteiger charge is -2.15. The Balaban J connectivity index is 4.54. The molecule has 0 aromatic heterocycles. The average molecular weight is 223 g/mol. The van der Waals surface area contributed by atoms with E-state index in [1.807, 2.05) is 6.92 Å². The molecule has 0 heterocycles. The molecular weight excluding hydrogens is 206 g/mol. The normalized spacial score (nSPS) is 15.4. The molecule has 0 spiro atoms. The maximum absolute atomic E-state index is 11.2. The Morgan fingerprint density at radius 3 is 2.50 bits per heavy atom. The maximum atomic E-state index is 11.2. The number of rotatable bonds is 6. The van der Waals surface area contributed by atoms with Crippen molar-refractivity contribution in [2.24, 2.45) is 10.9 Å². The molecule has 84 valence electrons. The van der Waals surface area contributed by atoms with Crippen molar-refractivity contribution in [3.8, 4) is 0 Å². The van der Waals surface area contributed by atoms with Gasteiger partial charge in [-0.1, -0.05) is 18.5 Å². The number of sulfonamides is 1. The van der Waals surface area contributed by atoms with Crippen LogP contribution in [0.4, 0.5) is 0 Å². The first-order chi connectivity index (χ1) is 6.46. The van der Waals surface area contributed by atoms with Crippen molar-refractivity contribution in [2.45, 2.75) is 32.7 Å². The maximum Gasteiger partial charge on any atom is 0.211 e. The van der Waals surface area contributed by atoms with Gasteiger partial charge in [-0.05, 0) is 13.3 Å². The van der Waals surface area contributed by atoms with Crippen molar-refractivity contribution < 1.29 is 13.6 Å². The van der Waals surface area contributed by atoms with Gasteiger partial charge in [-0.25, -0.2) is 13.1 Å². The minimum atomic E-state index is -3.32. The van der Waals surface area contributed by atoms with Gasteiger partial charge >= 0.3 is 0 Å². The van der Waals surface area contributed by atoms with Crippen LogP contribution in [0.3, 0.4) is 0 Å². The van der Waals surface area contributed by atoms with E-state index in [9.17, 15) is 8.42 Å². The summed E-state index contributed by atoms with van der Waals surface area (Å²) in [5, 5.41) is 11.2. The smallest absolute Gasteiger partial charge is 0.211 e. The molecule has 0 amide bonds. The molecule has 0 fully saturated rings. The number of oxime groups is 1. The highest BCUT2D eigenvalue weighted by Gasteiger charge is 2.18. The minimum Gasteiger partial charge on any atom is -0.409 e. The van der Waals surface area contributed by atoms with Crippen LogP contribution in [0.2, 0.25) is 0 Å². The lowest BCUT2D eigenvalue weighted by molar-refractivity contribution is 0.315. The molecule has 0 saturated carbocycles. The molecule has 0 radical (unpaired) electrons. The number of amidine groups is 1. The van der Waals surface area contributed by atoms with Crippen molar-refractivity contribution >= 4 is 15.9 Å². The quantitative estimate of drug-likeness (QED) is 0.252. The van der Waals surface area contributed by atoms with E-state index < -0.39 is 16.1 Å². The Morgan fingerprint density at radius 1 is 1.57 bits per heavy atom. The predicted octanol–water partition coefficient (Wildman–Crippen LogP) is -0.159. The Bertz CT molecular complexity index is 287. The van der Waals surface area contributed by atoms with E-state index in [0.29, 0.717) is 6.42 Å². The molecular formula is C7H17N3O3S. The van der Waals surface area contributed by atoms with Gasteiger partial charge in [0.05, 0.1) is 11.8 Å². The van der Waals surface area contributed by atoms with Crippen molar-refractivity contribution in [2.75, 3.05) is 5.75 Å². The van der Waals surface area contributed by atoms with E-state index in [2.05, 4.69) is 9.88 Å². The molecule has 0 aromatic rings. The number of hydrogen-bond donors (Lipinski definition) is 3. The summed E-state index contributed by atoms with van der Waals surface area (Å²) in [6.45, 7) is 3.41. The van der Waals surface area contributed by atoms with Gasteiger partial charge in [-0.15, -0.1) is 0 Å². The standard InChI is InChI=1S/C7H17N3O3S/c1-3-5-6(7(8)9-11)10-14(12,13)4-2/h6,10-11H,3-5H2,1-2H3,(H2,8,9). The third-order valence-electron chi connectivity index (χ3n) is 1.75. The van der Waals surface area contributed by atoms with Crippen LogP contribution in [0.5, 0.6) is 0 Å². The van der Waals surface area contributed by atoms with Crippen LogP contribution >= 0.6 is 0 Å². The summed E-state index contributed by atoms with van der Waals surface area (Å²) in [5.74, 6) is -0.129. The Kier molecular flexibility index (Phi) is 5.47. The molecule has 0 bridgehead atoms. The summed E-state index contributed by atoms with van der Waals surface area (Å²) in [5.41, 5.74) is 5.34. The van der Waals surface area contributed by atoms with E-state index in [1.165, 1.54) is 6.92 Å². The van der Waals surface area contributed by atoms with Gasteiger partial charge < -0.3 is 10.9 Å². The zero-order valence-electron chi connectivity index (χ0n) is 8.40. The first-order valence-electron chi connectivity index (χ1n) is 4.44. The molecule has 7 heteroatoms. The van der Waals surface area contributed by atoms with Crippen LogP contribution < -0.4 is 10.5 Å². The molecule has 0 aliphatic heterocycles. The fourth-order valence-electron chi connectivity index (χ4n) is 0.926. The van der Waals surface area contributed by atoms with Gasteiger partial charge in [0.1, 0.15) is 0 Å². The zero-order chi connectivity index (χ0) is 11.2. The van der Waals surface area contributed by atoms with E-state index in [4.69, 9.17) is 10.9 Å². The summed E-state index contributed by atoms with van der Waals surface area (Å²) in [6, 6.07) is -0.616. The number of nitrogens with zero attached hydrogens (tertiary/aromatic N) is 1. The topological polar surface area (TPSA) is 105 Å². The summed E-state index contributed by atoms with van der Waals surface area (Å²) >= 11 is 0. The SMILES string of the molecule is CCCC(NS(=O)(=O)CC)/C(N)=N/O. The fourth-order valence-corrected chi connectivity index (χ4v) is 1.76. The third-order valence-corrected chi connectivity index (χ3v) is 3.16. The summed E-state index contributed by atoms with van der Waals surface area (Å²) in [7, 11) is -3.32. The largest absolute Gasteiger partial charge is 0.409 e. The zero-order valence-corrected chi connectivity index (χ0v) is 9.21. The lowest BCUT2D eigenvalue weighted by atomic mass is 10.2. The lowest BCUT2D eigenvalue weighted by Crippen LogP contribution is -2.44. The van der Waals surface area contributed by atoms with Crippen molar-refractivity contribution in [1.82, 2.24) is 4.72 Å². The first-order valence-corrected chi connectivity index (χ1v) is 6.09. The minimum absolute atomic E-state index is 0.0219. The molecule has 0 aliphatic rings. The molecule has 0 aromatic carbocycles. The second-order valence-electron chi connectivity index (χ2n) is 2.89. The van der Waals surface area contributed by atoms with Crippen molar-refractivity contribution in [3.05, 3.63) is 0 Å². The summed E-state index contributed by atoms with van der Waals surface area (Å²) in [6.07, 6.45) is 1.25. The van der Waals surface area contributed by atoms with Gasteiger partial charge in [0.15, 0.2) is 5.84 Å². The average Bonchev–Trinajstić information content (AvgIpc) is 2.16. The highest BCUT2D eigenvalue weighted by molar-refractivity contribution is 7.89. The Morgan fingerprint density at radius 2 is 2.14 bits per heavy atom. The number of nitrogens with two attached hydrogens (primary N) is 1. The van der Waals surface area contributed by atoms with Crippen LogP contribution in [0.15, 0.2) is 5.16 Å². The summed E-state index contributed by atoms with van der Waals surface area (Å²) < 4.78 is 24.8. The summed E-state index contributed by atoms with van der Waals surface area (Å²) in [4.78, 5) is 0. The first kappa shape index (κ1) is 13.2. The highest BCUT2D eigenvalue weighted by atomic mass is 32.2. The van der Waals surface area contributed by atoms with Crippen molar-refractivity contribution in [1.29, 1.82) is 0 Å². The second kappa shape index (κ2) is 5.82. The molecule has 0 aliphatic carbocycles. The van der Waals surface area contributed by atoms with E-state index >= 15 is 0 Å². The number of hydrogen-bond acceptors (Lipinski definition) is 4. The van der Waals surface area contributed by atoms with Gasteiger partial charge in [-0.3, -0.25) is 0 Å². The van der Waals surface area contributed by atoms with Crippen LogP contribution in [-0.2, 0) is 10.0 Å². The van der Waals surface area contributed by atoms with Crippen molar-refractivity contribution in [3.63, 3.8) is 0 Å².